The van der Waals surface area contributed by atoms with Crippen molar-refractivity contribution in [2.45, 2.75) is 102 Å². The van der Waals surface area contributed by atoms with Gasteiger partial charge in [-0.2, -0.15) is 0 Å². The Morgan fingerprint density at radius 1 is 0.500 bits per heavy atom. The van der Waals surface area contributed by atoms with Crippen LogP contribution in [-0.4, -0.2) is 60.5 Å². The van der Waals surface area contributed by atoms with Crippen LogP contribution in [0.15, 0.2) is 121 Å². The Hall–Kier alpha value is -4.60. The van der Waals surface area contributed by atoms with E-state index in [9.17, 15) is 9.59 Å². The van der Waals surface area contributed by atoms with E-state index in [1.165, 1.54) is 11.1 Å². The van der Waals surface area contributed by atoms with Gasteiger partial charge in [0.1, 0.15) is 12.2 Å². The van der Waals surface area contributed by atoms with E-state index in [1.54, 1.807) is 10.1 Å². The molecule has 0 aromatic heterocycles. The van der Waals surface area contributed by atoms with Crippen molar-refractivity contribution in [1.82, 2.24) is 10.1 Å². The Balaban J connectivity index is 0.940. The highest BCUT2D eigenvalue weighted by molar-refractivity contribution is 5.91. The van der Waals surface area contributed by atoms with Crippen LogP contribution in [0.3, 0.4) is 0 Å². The minimum absolute atomic E-state index is 0.00159. The summed E-state index contributed by atoms with van der Waals surface area (Å²) in [5.41, 5.74) is 7.14. The fourth-order valence-electron chi connectivity index (χ4n) is 7.23. The standard InChI is InChI=1S/C48H58N2O6/c1-47(2,3)39-21-17-37(18-22-39)45(35-13-9-7-10-14-35)53-41-27-31-49(32-28-41)55-43(51)25-26-44(52)56-50-33-29-42(30-34-50)54-46(36-15-11-8-12-16-36)38-19-23-40(24-20-38)48(4,5)6/h7-26,41-42,45-46H,27-34H2,1-6H3/b26-25+. The number of piperidine rings is 2. The highest BCUT2D eigenvalue weighted by Gasteiger charge is 2.29. The lowest BCUT2D eigenvalue weighted by Gasteiger charge is -2.33. The molecule has 0 amide bonds. The van der Waals surface area contributed by atoms with Crippen molar-refractivity contribution in [2.24, 2.45) is 0 Å². The molecular weight excluding hydrogens is 701 g/mol. The van der Waals surface area contributed by atoms with Gasteiger partial charge in [-0.25, -0.2) is 9.59 Å². The topological polar surface area (TPSA) is 77.5 Å². The van der Waals surface area contributed by atoms with Gasteiger partial charge in [0.15, 0.2) is 0 Å². The molecular formula is C48H58N2O6. The average Bonchev–Trinajstić information content (AvgIpc) is 3.19. The molecule has 4 aromatic rings. The number of hydrogen-bond donors (Lipinski definition) is 0. The van der Waals surface area contributed by atoms with Crippen LogP contribution in [-0.2, 0) is 39.6 Å². The van der Waals surface area contributed by atoms with Gasteiger partial charge in [0.05, 0.1) is 12.2 Å². The lowest BCUT2D eigenvalue weighted by Crippen LogP contribution is -2.39. The summed E-state index contributed by atoms with van der Waals surface area (Å²) >= 11 is 0. The number of ether oxygens (including phenoxy) is 2. The third-order valence-corrected chi connectivity index (χ3v) is 10.6. The van der Waals surface area contributed by atoms with Gasteiger partial charge < -0.3 is 19.1 Å². The van der Waals surface area contributed by atoms with Gasteiger partial charge in [0, 0.05) is 38.3 Å². The molecule has 2 atom stereocenters. The van der Waals surface area contributed by atoms with Gasteiger partial charge in [-0.1, -0.05) is 151 Å². The lowest BCUT2D eigenvalue weighted by atomic mass is 9.86. The Morgan fingerprint density at radius 3 is 1.11 bits per heavy atom. The second-order valence-electron chi connectivity index (χ2n) is 17.0. The summed E-state index contributed by atoms with van der Waals surface area (Å²) in [5, 5.41) is 3.28. The van der Waals surface area contributed by atoms with Crippen LogP contribution < -0.4 is 0 Å². The Labute approximate surface area is 333 Å². The van der Waals surface area contributed by atoms with Crippen LogP contribution >= 0.6 is 0 Å². The monoisotopic (exact) mass is 758 g/mol. The maximum Gasteiger partial charge on any atom is 0.349 e. The van der Waals surface area contributed by atoms with Gasteiger partial charge in [0.2, 0.25) is 0 Å². The Morgan fingerprint density at radius 2 is 0.804 bits per heavy atom. The van der Waals surface area contributed by atoms with Crippen molar-refractivity contribution in [2.75, 3.05) is 26.2 Å². The van der Waals surface area contributed by atoms with Crippen LogP contribution in [0.5, 0.6) is 0 Å². The second-order valence-corrected chi connectivity index (χ2v) is 17.0. The third kappa shape index (κ3) is 11.5. The number of rotatable bonds is 12. The summed E-state index contributed by atoms with van der Waals surface area (Å²) in [4.78, 5) is 36.4. The van der Waals surface area contributed by atoms with E-state index in [1.807, 2.05) is 36.4 Å². The number of hydroxylamine groups is 4. The summed E-state index contributed by atoms with van der Waals surface area (Å²) in [6, 6.07) is 38.0. The fraction of sp³-hybridized carbons (Fsp3) is 0.417. The van der Waals surface area contributed by atoms with Crippen molar-refractivity contribution in [3.63, 3.8) is 0 Å². The molecule has 0 N–H and O–H groups in total. The molecule has 4 aromatic carbocycles. The molecule has 8 nitrogen and oxygen atoms in total. The molecule has 8 heteroatoms. The molecule has 2 heterocycles. The zero-order chi connectivity index (χ0) is 39.7. The summed E-state index contributed by atoms with van der Waals surface area (Å²) in [5.74, 6) is -1.23. The number of nitrogens with zero attached hydrogens (tertiary/aromatic N) is 2. The molecule has 2 fully saturated rings. The van der Waals surface area contributed by atoms with E-state index in [2.05, 4.69) is 114 Å². The SMILES string of the molecule is CC(C)(C)c1ccc(C(OC2CCN(OC(=O)/C=C/C(=O)ON3CCC(OC(c4ccccc4)c4ccc(C(C)(C)C)cc4)CC3)CC2)c2ccccc2)cc1. The van der Waals surface area contributed by atoms with E-state index in [0.29, 0.717) is 51.9 Å². The molecule has 0 bridgehead atoms. The normalized spacial score (nSPS) is 17.8. The van der Waals surface area contributed by atoms with Gasteiger partial charge in [-0.15, -0.1) is 10.1 Å². The van der Waals surface area contributed by atoms with Gasteiger partial charge >= 0.3 is 11.9 Å². The van der Waals surface area contributed by atoms with Gasteiger partial charge in [0.25, 0.3) is 0 Å². The minimum atomic E-state index is -0.614. The molecule has 2 aliphatic rings. The number of carbonyl (C=O) groups is 2. The first-order valence-electron chi connectivity index (χ1n) is 20.1. The molecule has 56 heavy (non-hydrogen) atoms. The second kappa shape index (κ2) is 18.6. The summed E-state index contributed by atoms with van der Waals surface area (Å²) in [6.07, 6.45) is 4.69. The maximum absolute atomic E-state index is 12.7. The summed E-state index contributed by atoms with van der Waals surface area (Å²) in [7, 11) is 0. The smallest absolute Gasteiger partial charge is 0.349 e. The quantitative estimate of drug-likeness (QED) is 0.132. The first-order chi connectivity index (χ1) is 26.8. The van der Waals surface area contributed by atoms with Crippen molar-refractivity contribution >= 4 is 11.9 Å². The molecule has 0 radical (unpaired) electrons. The van der Waals surface area contributed by atoms with Crippen molar-refractivity contribution < 1.29 is 28.7 Å². The Kier molecular flexibility index (Phi) is 13.6. The lowest BCUT2D eigenvalue weighted by molar-refractivity contribution is -0.198. The van der Waals surface area contributed by atoms with E-state index in [4.69, 9.17) is 19.1 Å². The molecule has 0 saturated carbocycles. The molecule has 0 aliphatic carbocycles. The van der Waals surface area contributed by atoms with E-state index in [0.717, 1.165) is 34.4 Å². The van der Waals surface area contributed by atoms with E-state index < -0.39 is 11.9 Å². The van der Waals surface area contributed by atoms with Crippen LogP contribution in [0, 0.1) is 0 Å². The van der Waals surface area contributed by atoms with Crippen molar-refractivity contribution in [3.8, 4) is 0 Å². The molecule has 296 valence electrons. The molecule has 2 unspecified atom stereocenters. The van der Waals surface area contributed by atoms with E-state index >= 15 is 0 Å². The van der Waals surface area contributed by atoms with Crippen LogP contribution in [0.4, 0.5) is 0 Å². The highest BCUT2D eigenvalue weighted by Crippen LogP contribution is 2.34. The predicted octanol–water partition coefficient (Wildman–Crippen LogP) is 9.60. The van der Waals surface area contributed by atoms with Crippen molar-refractivity contribution in [1.29, 1.82) is 0 Å². The first-order valence-corrected chi connectivity index (χ1v) is 20.1. The molecule has 2 saturated heterocycles. The van der Waals surface area contributed by atoms with Crippen LogP contribution in [0.1, 0.15) is 113 Å². The van der Waals surface area contributed by atoms with Crippen LogP contribution in [0.2, 0.25) is 0 Å². The number of carbonyl (C=O) groups excluding carboxylic acids is 2. The van der Waals surface area contributed by atoms with Crippen LogP contribution in [0.25, 0.3) is 0 Å². The number of hydrogen-bond acceptors (Lipinski definition) is 8. The van der Waals surface area contributed by atoms with Gasteiger partial charge in [-0.05, 0) is 69.9 Å². The number of benzene rings is 4. The van der Waals surface area contributed by atoms with Gasteiger partial charge in [-0.3, -0.25) is 0 Å². The molecule has 2 aliphatic heterocycles. The molecule has 6 rings (SSSR count). The molecule has 0 spiro atoms. The highest BCUT2D eigenvalue weighted by atomic mass is 16.7. The zero-order valence-electron chi connectivity index (χ0n) is 33.9. The fourth-order valence-corrected chi connectivity index (χ4v) is 7.23. The van der Waals surface area contributed by atoms with E-state index in [-0.39, 0.29) is 35.2 Å². The van der Waals surface area contributed by atoms with Crippen molar-refractivity contribution in [3.05, 3.63) is 155 Å². The average molecular weight is 759 g/mol. The summed E-state index contributed by atoms with van der Waals surface area (Å²) in [6.45, 7) is 15.4. The Bertz CT molecular complexity index is 1730. The maximum atomic E-state index is 12.7. The minimum Gasteiger partial charge on any atom is -0.365 e. The predicted molar refractivity (Wildman–Crippen MR) is 220 cm³/mol. The first kappa shape index (κ1) is 41.0. The zero-order valence-corrected chi connectivity index (χ0v) is 33.9. The summed E-state index contributed by atoms with van der Waals surface area (Å²) < 4.78 is 13.4. The largest absolute Gasteiger partial charge is 0.365 e. The third-order valence-electron chi connectivity index (χ3n) is 10.6.